The van der Waals surface area contributed by atoms with Gasteiger partial charge >= 0.3 is 0 Å². The Balaban J connectivity index is 2.43. The average Bonchev–Trinajstić information content (AvgIpc) is 2.02. The van der Waals surface area contributed by atoms with E-state index in [9.17, 15) is 4.39 Å². The van der Waals surface area contributed by atoms with E-state index in [-0.39, 0.29) is 5.82 Å². The summed E-state index contributed by atoms with van der Waals surface area (Å²) in [7, 11) is 0. The molecule has 0 unspecified atom stereocenters. The first kappa shape index (κ1) is 8.70. The maximum Gasteiger partial charge on any atom is 0.123 e. The molecule has 1 nitrogen and oxygen atoms in total. The van der Waals surface area contributed by atoms with E-state index in [4.69, 9.17) is 0 Å². The van der Waals surface area contributed by atoms with Crippen LogP contribution in [0.15, 0.2) is 18.2 Å². The molecule has 0 aromatic heterocycles. The van der Waals surface area contributed by atoms with Crippen molar-refractivity contribution in [1.29, 1.82) is 0 Å². The van der Waals surface area contributed by atoms with Crippen LogP contribution in [0.1, 0.15) is 31.0 Å². The van der Waals surface area contributed by atoms with Crippen molar-refractivity contribution in [2.45, 2.75) is 32.4 Å². The summed E-state index contributed by atoms with van der Waals surface area (Å²) in [5.41, 5.74) is 2.39. The zero-order valence-electron chi connectivity index (χ0n) is 7.97. The van der Waals surface area contributed by atoms with Gasteiger partial charge in [0.1, 0.15) is 5.82 Å². The summed E-state index contributed by atoms with van der Waals surface area (Å²) >= 11 is 0. The van der Waals surface area contributed by atoms with Crippen molar-refractivity contribution in [2.75, 3.05) is 0 Å². The van der Waals surface area contributed by atoms with Crippen LogP contribution in [-0.4, -0.2) is 6.04 Å². The Bertz CT molecular complexity index is 322. The fourth-order valence-electron chi connectivity index (χ4n) is 2.08. The molecule has 1 aromatic carbocycles. The highest BCUT2D eigenvalue weighted by Crippen LogP contribution is 2.25. The highest BCUT2D eigenvalue weighted by molar-refractivity contribution is 5.33. The van der Waals surface area contributed by atoms with Gasteiger partial charge in [-0.1, -0.05) is 6.07 Å². The number of hydrogen-bond donors (Lipinski definition) is 1. The van der Waals surface area contributed by atoms with Crippen LogP contribution in [-0.2, 0) is 6.42 Å². The van der Waals surface area contributed by atoms with E-state index in [0.29, 0.717) is 12.1 Å². The molecule has 1 aromatic rings. The summed E-state index contributed by atoms with van der Waals surface area (Å²) < 4.78 is 12.9. The summed E-state index contributed by atoms with van der Waals surface area (Å²) in [6.07, 6.45) is 0.928. The Kier molecular flexibility index (Phi) is 2.08. The predicted molar refractivity (Wildman–Crippen MR) is 51.1 cm³/mol. The standard InChI is InChI=1S/C11H14FN/c1-7-5-9-6-10(12)3-4-11(9)8(2)13-7/h3-4,6-8,13H,5H2,1-2H3/t7-,8-/m0/s1. The van der Waals surface area contributed by atoms with Gasteiger partial charge in [0.25, 0.3) is 0 Å². The molecular weight excluding hydrogens is 165 g/mol. The minimum atomic E-state index is -0.125. The smallest absolute Gasteiger partial charge is 0.123 e. The number of fused-ring (bicyclic) bond motifs is 1. The number of halogens is 1. The van der Waals surface area contributed by atoms with Gasteiger partial charge in [-0.2, -0.15) is 0 Å². The Hall–Kier alpha value is -0.890. The predicted octanol–water partition coefficient (Wildman–Crippen LogP) is 2.42. The Labute approximate surface area is 78.0 Å². The van der Waals surface area contributed by atoms with Crippen molar-refractivity contribution in [3.8, 4) is 0 Å². The summed E-state index contributed by atoms with van der Waals surface area (Å²) in [4.78, 5) is 0. The minimum Gasteiger partial charge on any atom is -0.307 e. The van der Waals surface area contributed by atoms with Crippen molar-refractivity contribution < 1.29 is 4.39 Å². The Morgan fingerprint density at radius 2 is 2.15 bits per heavy atom. The molecule has 0 fully saturated rings. The summed E-state index contributed by atoms with van der Waals surface area (Å²) in [6.45, 7) is 4.25. The first-order chi connectivity index (χ1) is 6.16. The fourth-order valence-corrected chi connectivity index (χ4v) is 2.08. The molecule has 0 saturated heterocycles. The molecule has 0 saturated carbocycles. The molecule has 70 valence electrons. The monoisotopic (exact) mass is 179 g/mol. The topological polar surface area (TPSA) is 12.0 Å². The van der Waals surface area contributed by atoms with Crippen LogP contribution >= 0.6 is 0 Å². The SMILES string of the molecule is C[C@@H]1N[C@@H](C)Cc2cc(F)ccc21. The minimum absolute atomic E-state index is 0.125. The third-order valence-electron chi connectivity index (χ3n) is 2.63. The second-order valence-corrected chi connectivity index (χ2v) is 3.84. The summed E-state index contributed by atoms with van der Waals surface area (Å²) in [5, 5.41) is 3.43. The van der Waals surface area contributed by atoms with Crippen molar-refractivity contribution >= 4 is 0 Å². The van der Waals surface area contributed by atoms with Gasteiger partial charge < -0.3 is 5.32 Å². The zero-order valence-corrected chi connectivity index (χ0v) is 7.97. The number of nitrogens with one attached hydrogen (secondary N) is 1. The first-order valence-electron chi connectivity index (χ1n) is 4.71. The number of benzene rings is 1. The molecule has 1 aliphatic rings. The zero-order chi connectivity index (χ0) is 9.42. The van der Waals surface area contributed by atoms with Gasteiger partial charge in [-0.05, 0) is 43.5 Å². The van der Waals surface area contributed by atoms with Gasteiger partial charge in [0, 0.05) is 12.1 Å². The average molecular weight is 179 g/mol. The van der Waals surface area contributed by atoms with Gasteiger partial charge in [0.2, 0.25) is 0 Å². The van der Waals surface area contributed by atoms with Gasteiger partial charge in [-0.25, -0.2) is 4.39 Å². The van der Waals surface area contributed by atoms with Gasteiger partial charge in [0.05, 0.1) is 0 Å². The van der Waals surface area contributed by atoms with Crippen LogP contribution in [0.3, 0.4) is 0 Å². The highest BCUT2D eigenvalue weighted by Gasteiger charge is 2.20. The lowest BCUT2D eigenvalue weighted by atomic mass is 9.91. The lowest BCUT2D eigenvalue weighted by Crippen LogP contribution is -2.35. The molecule has 0 spiro atoms. The van der Waals surface area contributed by atoms with E-state index >= 15 is 0 Å². The molecular formula is C11H14FN. The largest absolute Gasteiger partial charge is 0.307 e. The lowest BCUT2D eigenvalue weighted by Gasteiger charge is -2.28. The maximum atomic E-state index is 12.9. The van der Waals surface area contributed by atoms with Crippen LogP contribution in [0, 0.1) is 5.82 Å². The van der Waals surface area contributed by atoms with E-state index in [1.165, 1.54) is 11.6 Å². The van der Waals surface area contributed by atoms with Crippen molar-refractivity contribution in [2.24, 2.45) is 0 Å². The van der Waals surface area contributed by atoms with Gasteiger partial charge in [-0.3, -0.25) is 0 Å². The molecule has 0 amide bonds. The molecule has 1 aliphatic heterocycles. The van der Waals surface area contributed by atoms with Crippen LogP contribution < -0.4 is 5.32 Å². The number of rotatable bonds is 0. The lowest BCUT2D eigenvalue weighted by molar-refractivity contribution is 0.443. The summed E-state index contributed by atoms with van der Waals surface area (Å²) in [5.74, 6) is -0.125. The Morgan fingerprint density at radius 1 is 1.38 bits per heavy atom. The summed E-state index contributed by atoms with van der Waals surface area (Å²) in [6, 6.07) is 5.87. The molecule has 2 rings (SSSR count). The molecule has 13 heavy (non-hydrogen) atoms. The molecule has 0 bridgehead atoms. The van der Waals surface area contributed by atoms with Crippen LogP contribution in [0.4, 0.5) is 4.39 Å². The third-order valence-corrected chi connectivity index (χ3v) is 2.63. The quantitative estimate of drug-likeness (QED) is 0.645. The molecule has 0 aliphatic carbocycles. The maximum absolute atomic E-state index is 12.9. The van der Waals surface area contributed by atoms with Gasteiger partial charge in [-0.15, -0.1) is 0 Å². The van der Waals surface area contributed by atoms with E-state index in [1.54, 1.807) is 6.07 Å². The van der Waals surface area contributed by atoms with E-state index < -0.39 is 0 Å². The van der Waals surface area contributed by atoms with Crippen molar-refractivity contribution in [3.05, 3.63) is 35.1 Å². The van der Waals surface area contributed by atoms with E-state index in [0.717, 1.165) is 12.0 Å². The molecule has 1 heterocycles. The molecule has 2 heteroatoms. The van der Waals surface area contributed by atoms with Crippen LogP contribution in [0.5, 0.6) is 0 Å². The fraction of sp³-hybridized carbons (Fsp3) is 0.455. The van der Waals surface area contributed by atoms with Crippen LogP contribution in [0.2, 0.25) is 0 Å². The number of hydrogen-bond acceptors (Lipinski definition) is 1. The van der Waals surface area contributed by atoms with Crippen LogP contribution in [0.25, 0.3) is 0 Å². The van der Waals surface area contributed by atoms with Crippen molar-refractivity contribution in [3.63, 3.8) is 0 Å². The second-order valence-electron chi connectivity index (χ2n) is 3.84. The second kappa shape index (κ2) is 3.11. The van der Waals surface area contributed by atoms with E-state index in [1.807, 2.05) is 6.07 Å². The molecule has 1 N–H and O–H groups in total. The first-order valence-corrected chi connectivity index (χ1v) is 4.71. The molecule has 2 atom stereocenters. The van der Waals surface area contributed by atoms with Gasteiger partial charge in [0.15, 0.2) is 0 Å². The van der Waals surface area contributed by atoms with E-state index in [2.05, 4.69) is 19.2 Å². The molecule has 0 radical (unpaired) electrons. The normalized spacial score (nSPS) is 27.0. The third kappa shape index (κ3) is 1.59. The van der Waals surface area contributed by atoms with Crippen molar-refractivity contribution in [1.82, 2.24) is 5.32 Å². The highest BCUT2D eigenvalue weighted by atomic mass is 19.1. The Morgan fingerprint density at radius 3 is 2.92 bits per heavy atom.